The van der Waals surface area contributed by atoms with Crippen molar-refractivity contribution in [2.75, 3.05) is 0 Å². The van der Waals surface area contributed by atoms with Crippen LogP contribution in [0.2, 0.25) is 0 Å². The van der Waals surface area contributed by atoms with Crippen molar-refractivity contribution in [2.45, 2.75) is 31.7 Å². The summed E-state index contributed by atoms with van der Waals surface area (Å²) in [5, 5.41) is 0. The Hall–Kier alpha value is -1.15. The molecular weight excluding hydrogens is 174 g/mol. The Morgan fingerprint density at radius 1 is 1.36 bits per heavy atom. The highest BCUT2D eigenvalue weighted by Crippen LogP contribution is 2.21. The van der Waals surface area contributed by atoms with Gasteiger partial charge in [0.2, 0.25) is 0 Å². The van der Waals surface area contributed by atoms with Crippen LogP contribution in [0.15, 0.2) is 30.3 Å². The first-order valence-corrected chi connectivity index (χ1v) is 5.03. The fraction of sp³-hybridized carbons (Fsp3) is 0.417. The van der Waals surface area contributed by atoms with Crippen LogP contribution in [0.25, 0.3) is 0 Å². The van der Waals surface area contributed by atoms with Gasteiger partial charge in [0.15, 0.2) is 0 Å². The van der Waals surface area contributed by atoms with Crippen molar-refractivity contribution in [2.24, 2.45) is 5.73 Å². The Morgan fingerprint density at radius 2 is 2.00 bits per heavy atom. The van der Waals surface area contributed by atoms with Gasteiger partial charge >= 0.3 is 0 Å². The second kappa shape index (κ2) is 4.91. The molecule has 0 aliphatic carbocycles. The molecule has 0 amide bonds. The number of carbonyl (C=O) groups excluding carboxylic acids is 1. The van der Waals surface area contributed by atoms with Gasteiger partial charge in [0.25, 0.3) is 0 Å². The number of benzene rings is 1. The molecule has 0 aliphatic rings. The Balaban J connectivity index is 2.84. The van der Waals surface area contributed by atoms with Crippen molar-refractivity contribution in [1.82, 2.24) is 0 Å². The van der Waals surface area contributed by atoms with Crippen LogP contribution in [0.3, 0.4) is 0 Å². The maximum atomic E-state index is 11.0. The zero-order valence-corrected chi connectivity index (χ0v) is 8.57. The first-order valence-electron chi connectivity index (χ1n) is 5.03. The van der Waals surface area contributed by atoms with Crippen LogP contribution in [0.1, 0.15) is 31.7 Å². The van der Waals surface area contributed by atoms with Crippen molar-refractivity contribution in [3.8, 4) is 0 Å². The second-order valence-corrected chi connectivity index (χ2v) is 3.63. The average molecular weight is 191 g/mol. The minimum absolute atomic E-state index is 0.719. The van der Waals surface area contributed by atoms with Crippen LogP contribution in [0.4, 0.5) is 0 Å². The Morgan fingerprint density at radius 3 is 2.50 bits per heavy atom. The molecule has 0 fully saturated rings. The van der Waals surface area contributed by atoms with E-state index in [1.807, 2.05) is 30.3 Å². The minimum Gasteiger partial charge on any atom is -0.316 e. The van der Waals surface area contributed by atoms with Crippen LogP contribution >= 0.6 is 0 Å². The Bertz CT molecular complexity index is 284. The molecule has 0 saturated heterocycles. The summed E-state index contributed by atoms with van der Waals surface area (Å²) >= 11 is 0. The third-order valence-corrected chi connectivity index (χ3v) is 2.47. The molecule has 1 unspecified atom stereocenters. The highest BCUT2D eigenvalue weighted by atomic mass is 16.1. The van der Waals surface area contributed by atoms with E-state index in [1.165, 1.54) is 0 Å². The van der Waals surface area contributed by atoms with E-state index in [-0.39, 0.29) is 0 Å². The molecule has 14 heavy (non-hydrogen) atoms. The van der Waals surface area contributed by atoms with Crippen LogP contribution in [-0.4, -0.2) is 6.29 Å². The van der Waals surface area contributed by atoms with Crippen LogP contribution in [-0.2, 0) is 10.3 Å². The summed E-state index contributed by atoms with van der Waals surface area (Å²) in [6.45, 7) is 2.09. The summed E-state index contributed by atoms with van der Waals surface area (Å²) in [5.74, 6) is 0. The Labute approximate surface area is 85.1 Å². The van der Waals surface area contributed by atoms with Crippen molar-refractivity contribution < 1.29 is 4.79 Å². The molecule has 1 aromatic rings. The number of unbranched alkanes of at least 4 members (excludes halogenated alkanes) is 1. The SMILES string of the molecule is CCCCC(N)(C=O)c1ccccc1. The first-order chi connectivity index (χ1) is 6.73. The molecule has 1 rings (SSSR count). The molecule has 0 aromatic heterocycles. The predicted molar refractivity (Wildman–Crippen MR) is 57.9 cm³/mol. The van der Waals surface area contributed by atoms with E-state index in [4.69, 9.17) is 5.73 Å². The van der Waals surface area contributed by atoms with Gasteiger partial charge in [0.05, 0.1) is 5.54 Å². The summed E-state index contributed by atoms with van der Waals surface area (Å²) in [6.07, 6.45) is 3.61. The van der Waals surface area contributed by atoms with Crippen molar-refractivity contribution in [3.63, 3.8) is 0 Å². The molecule has 0 bridgehead atoms. The maximum absolute atomic E-state index is 11.0. The van der Waals surface area contributed by atoms with Crippen LogP contribution < -0.4 is 5.73 Å². The van der Waals surface area contributed by atoms with E-state index in [1.54, 1.807) is 0 Å². The molecule has 0 radical (unpaired) electrons. The monoisotopic (exact) mass is 191 g/mol. The summed E-state index contributed by atoms with van der Waals surface area (Å²) < 4.78 is 0. The molecule has 1 aromatic carbocycles. The fourth-order valence-electron chi connectivity index (χ4n) is 1.49. The summed E-state index contributed by atoms with van der Waals surface area (Å²) in [5.41, 5.74) is 6.15. The lowest BCUT2D eigenvalue weighted by Crippen LogP contribution is -2.38. The zero-order chi connectivity index (χ0) is 10.4. The van der Waals surface area contributed by atoms with E-state index >= 15 is 0 Å². The van der Waals surface area contributed by atoms with Crippen LogP contribution in [0.5, 0.6) is 0 Å². The third kappa shape index (κ3) is 2.42. The highest BCUT2D eigenvalue weighted by Gasteiger charge is 2.25. The van der Waals surface area contributed by atoms with E-state index in [0.717, 1.165) is 31.1 Å². The van der Waals surface area contributed by atoms with E-state index in [2.05, 4.69) is 6.92 Å². The van der Waals surface area contributed by atoms with Gasteiger partial charge in [-0.1, -0.05) is 50.1 Å². The normalized spacial score (nSPS) is 14.7. The standard InChI is InChI=1S/C12H17NO/c1-2-3-9-12(13,10-14)11-7-5-4-6-8-11/h4-8,10H,2-3,9,13H2,1H3. The van der Waals surface area contributed by atoms with Crippen molar-refractivity contribution >= 4 is 6.29 Å². The largest absolute Gasteiger partial charge is 0.316 e. The summed E-state index contributed by atoms with van der Waals surface area (Å²) in [6, 6.07) is 9.56. The molecule has 0 spiro atoms. The molecule has 0 heterocycles. The van der Waals surface area contributed by atoms with Gasteiger partial charge in [0, 0.05) is 0 Å². The van der Waals surface area contributed by atoms with E-state index in [9.17, 15) is 4.79 Å². The van der Waals surface area contributed by atoms with Crippen molar-refractivity contribution in [3.05, 3.63) is 35.9 Å². The smallest absolute Gasteiger partial charge is 0.144 e. The van der Waals surface area contributed by atoms with Crippen LogP contribution in [0, 0.1) is 0 Å². The van der Waals surface area contributed by atoms with E-state index in [0.29, 0.717) is 0 Å². The molecule has 2 N–H and O–H groups in total. The molecular formula is C12H17NO. The second-order valence-electron chi connectivity index (χ2n) is 3.63. The van der Waals surface area contributed by atoms with Gasteiger partial charge in [-0.2, -0.15) is 0 Å². The topological polar surface area (TPSA) is 43.1 Å². The summed E-state index contributed by atoms with van der Waals surface area (Å²) in [7, 11) is 0. The lowest BCUT2D eigenvalue weighted by Gasteiger charge is -2.23. The van der Waals surface area contributed by atoms with Gasteiger partial charge in [-0.05, 0) is 12.0 Å². The number of hydrogen-bond donors (Lipinski definition) is 1. The average Bonchev–Trinajstić information content (AvgIpc) is 2.27. The van der Waals surface area contributed by atoms with Gasteiger partial charge in [-0.25, -0.2) is 0 Å². The molecule has 0 saturated carbocycles. The molecule has 2 nitrogen and oxygen atoms in total. The number of rotatable bonds is 5. The highest BCUT2D eigenvalue weighted by molar-refractivity contribution is 5.67. The van der Waals surface area contributed by atoms with Gasteiger partial charge < -0.3 is 10.5 Å². The van der Waals surface area contributed by atoms with Gasteiger partial charge in [-0.15, -0.1) is 0 Å². The Kier molecular flexibility index (Phi) is 3.84. The maximum Gasteiger partial charge on any atom is 0.144 e. The fourth-order valence-corrected chi connectivity index (χ4v) is 1.49. The van der Waals surface area contributed by atoms with Gasteiger partial charge in [-0.3, -0.25) is 0 Å². The molecule has 0 aliphatic heterocycles. The van der Waals surface area contributed by atoms with E-state index < -0.39 is 5.54 Å². The quantitative estimate of drug-likeness (QED) is 0.725. The number of hydrogen-bond acceptors (Lipinski definition) is 2. The number of nitrogens with two attached hydrogens (primary N) is 1. The molecule has 76 valence electrons. The minimum atomic E-state index is -0.794. The van der Waals surface area contributed by atoms with Gasteiger partial charge in [0.1, 0.15) is 6.29 Å². The molecule has 2 heteroatoms. The lowest BCUT2D eigenvalue weighted by molar-refractivity contribution is -0.112. The third-order valence-electron chi connectivity index (χ3n) is 2.47. The zero-order valence-electron chi connectivity index (χ0n) is 8.57. The first kappa shape index (κ1) is 10.9. The van der Waals surface area contributed by atoms with Crippen molar-refractivity contribution in [1.29, 1.82) is 0 Å². The number of carbonyl (C=O) groups is 1. The lowest BCUT2D eigenvalue weighted by atomic mass is 9.87. The predicted octanol–water partition coefficient (Wildman–Crippen LogP) is 2.23. The molecule has 1 atom stereocenters. The summed E-state index contributed by atoms with van der Waals surface area (Å²) in [4.78, 5) is 11.0. The number of aldehydes is 1.